The van der Waals surface area contributed by atoms with Gasteiger partial charge in [0.25, 0.3) is 5.91 Å². The summed E-state index contributed by atoms with van der Waals surface area (Å²) in [6.45, 7) is 1.69. The fraction of sp³-hybridized carbons (Fsp3) is 0.0714. The third-order valence-corrected chi connectivity index (χ3v) is 2.55. The zero-order chi connectivity index (χ0) is 14.0. The molecule has 0 heterocycles. The van der Waals surface area contributed by atoms with Crippen molar-refractivity contribution in [2.75, 3.05) is 5.32 Å². The molecule has 0 radical (unpaired) electrons. The van der Waals surface area contributed by atoms with Gasteiger partial charge in [0.1, 0.15) is 5.82 Å². The molecule has 98 valence electrons. The second-order valence-electron chi connectivity index (χ2n) is 4.07. The number of carbonyl (C=O) groups excluding carboxylic acids is 1. The molecule has 0 fully saturated rings. The van der Waals surface area contributed by atoms with Crippen molar-refractivity contribution in [1.82, 2.24) is 0 Å². The van der Waals surface area contributed by atoms with E-state index in [9.17, 15) is 18.0 Å². The third-order valence-electron chi connectivity index (χ3n) is 2.55. The average molecular weight is 265 g/mol. The van der Waals surface area contributed by atoms with Crippen molar-refractivity contribution in [2.45, 2.75) is 6.92 Å². The molecule has 2 rings (SSSR count). The van der Waals surface area contributed by atoms with Gasteiger partial charge in [0.2, 0.25) is 0 Å². The normalized spacial score (nSPS) is 10.3. The summed E-state index contributed by atoms with van der Waals surface area (Å²) in [6, 6.07) is 7.06. The van der Waals surface area contributed by atoms with Gasteiger partial charge in [-0.1, -0.05) is 6.07 Å². The van der Waals surface area contributed by atoms with Crippen LogP contribution >= 0.6 is 0 Å². The molecule has 1 amide bonds. The van der Waals surface area contributed by atoms with Crippen LogP contribution in [0.4, 0.5) is 18.9 Å². The van der Waals surface area contributed by atoms with Gasteiger partial charge in [-0.25, -0.2) is 13.2 Å². The minimum atomic E-state index is -1.08. The quantitative estimate of drug-likeness (QED) is 0.882. The number of hydrogen-bond acceptors (Lipinski definition) is 1. The van der Waals surface area contributed by atoms with E-state index in [-0.39, 0.29) is 11.3 Å². The Morgan fingerprint density at radius 2 is 1.68 bits per heavy atom. The maximum absolute atomic E-state index is 13.6. The summed E-state index contributed by atoms with van der Waals surface area (Å²) in [5.74, 6) is -3.48. The van der Waals surface area contributed by atoms with Crippen molar-refractivity contribution in [2.24, 2.45) is 0 Å². The molecular weight excluding hydrogens is 255 g/mol. The van der Waals surface area contributed by atoms with Crippen LogP contribution in [0.25, 0.3) is 0 Å². The molecule has 0 saturated heterocycles. The minimum absolute atomic E-state index is 0.0591. The van der Waals surface area contributed by atoms with Gasteiger partial charge in [-0.3, -0.25) is 4.79 Å². The van der Waals surface area contributed by atoms with Gasteiger partial charge in [0.15, 0.2) is 11.6 Å². The Balaban J connectivity index is 2.23. The number of amides is 1. The lowest BCUT2D eigenvalue weighted by Crippen LogP contribution is -2.14. The summed E-state index contributed by atoms with van der Waals surface area (Å²) in [5, 5.41) is 2.30. The van der Waals surface area contributed by atoms with Crippen molar-refractivity contribution in [3.05, 3.63) is 65.0 Å². The standard InChI is InChI=1S/C14H10F3NO/c1-8-2-4-10(12(16)6-8)14(19)18-9-3-5-11(15)13(17)7-9/h2-7H,1H3,(H,18,19). The molecule has 2 aromatic rings. The number of aryl methyl sites for hydroxylation is 1. The monoisotopic (exact) mass is 265 g/mol. The topological polar surface area (TPSA) is 29.1 Å². The Hall–Kier alpha value is -2.30. The van der Waals surface area contributed by atoms with Crippen LogP contribution in [0.3, 0.4) is 0 Å². The lowest BCUT2D eigenvalue weighted by Gasteiger charge is -2.07. The number of nitrogens with one attached hydrogen (secondary N) is 1. The van der Waals surface area contributed by atoms with E-state index in [2.05, 4.69) is 5.32 Å². The fourth-order valence-corrected chi connectivity index (χ4v) is 1.58. The smallest absolute Gasteiger partial charge is 0.258 e. The van der Waals surface area contributed by atoms with Crippen LogP contribution in [0.2, 0.25) is 0 Å². The lowest BCUT2D eigenvalue weighted by atomic mass is 10.1. The fourth-order valence-electron chi connectivity index (χ4n) is 1.58. The van der Waals surface area contributed by atoms with E-state index in [0.29, 0.717) is 5.56 Å². The second-order valence-corrected chi connectivity index (χ2v) is 4.07. The van der Waals surface area contributed by atoms with Gasteiger partial charge < -0.3 is 5.32 Å². The summed E-state index contributed by atoms with van der Waals surface area (Å²) in [4.78, 5) is 11.8. The maximum atomic E-state index is 13.6. The molecular formula is C14H10F3NO. The first-order valence-electron chi connectivity index (χ1n) is 5.50. The third kappa shape index (κ3) is 2.93. The molecule has 0 aliphatic rings. The first-order valence-corrected chi connectivity index (χ1v) is 5.50. The first kappa shape index (κ1) is 13.1. The van der Waals surface area contributed by atoms with E-state index >= 15 is 0 Å². The van der Waals surface area contributed by atoms with E-state index in [0.717, 1.165) is 12.1 Å². The zero-order valence-electron chi connectivity index (χ0n) is 10.0. The molecule has 5 heteroatoms. The molecule has 0 atom stereocenters. The van der Waals surface area contributed by atoms with E-state index in [4.69, 9.17) is 0 Å². The van der Waals surface area contributed by atoms with Crippen LogP contribution in [0.5, 0.6) is 0 Å². The van der Waals surface area contributed by atoms with Gasteiger partial charge in [-0.2, -0.15) is 0 Å². The number of benzene rings is 2. The van der Waals surface area contributed by atoms with E-state index in [1.807, 2.05) is 0 Å². The van der Waals surface area contributed by atoms with Gasteiger partial charge in [0.05, 0.1) is 5.56 Å². The Morgan fingerprint density at radius 1 is 0.947 bits per heavy atom. The summed E-state index contributed by atoms with van der Waals surface area (Å²) in [7, 11) is 0. The molecule has 0 bridgehead atoms. The maximum Gasteiger partial charge on any atom is 0.258 e. The van der Waals surface area contributed by atoms with Crippen LogP contribution < -0.4 is 5.32 Å². The van der Waals surface area contributed by atoms with Crippen molar-refractivity contribution < 1.29 is 18.0 Å². The minimum Gasteiger partial charge on any atom is -0.322 e. The van der Waals surface area contributed by atoms with Crippen molar-refractivity contribution in [3.8, 4) is 0 Å². The second kappa shape index (κ2) is 5.14. The van der Waals surface area contributed by atoms with Crippen LogP contribution in [-0.4, -0.2) is 5.91 Å². The Labute approximate surface area is 107 Å². The highest BCUT2D eigenvalue weighted by Crippen LogP contribution is 2.16. The zero-order valence-corrected chi connectivity index (χ0v) is 10.0. The predicted octanol–water partition coefficient (Wildman–Crippen LogP) is 3.66. The summed E-state index contributed by atoms with van der Waals surface area (Å²) in [5.41, 5.74) is 0.584. The SMILES string of the molecule is Cc1ccc(C(=O)Nc2ccc(F)c(F)c2)c(F)c1. The summed E-state index contributed by atoms with van der Waals surface area (Å²) >= 11 is 0. The Bertz CT molecular complexity index is 641. The van der Waals surface area contributed by atoms with Crippen molar-refractivity contribution in [1.29, 1.82) is 0 Å². The molecule has 0 unspecified atom stereocenters. The largest absolute Gasteiger partial charge is 0.322 e. The van der Waals surface area contributed by atoms with Crippen molar-refractivity contribution in [3.63, 3.8) is 0 Å². The summed E-state index contributed by atoms with van der Waals surface area (Å²) in [6.07, 6.45) is 0. The number of rotatable bonds is 2. The Morgan fingerprint density at radius 3 is 2.32 bits per heavy atom. The van der Waals surface area contributed by atoms with E-state index in [1.165, 1.54) is 18.2 Å². The highest BCUT2D eigenvalue weighted by Gasteiger charge is 2.12. The van der Waals surface area contributed by atoms with Crippen LogP contribution in [0.15, 0.2) is 36.4 Å². The highest BCUT2D eigenvalue weighted by molar-refractivity contribution is 6.04. The van der Waals surface area contributed by atoms with Crippen LogP contribution in [0, 0.1) is 24.4 Å². The molecule has 2 nitrogen and oxygen atoms in total. The summed E-state index contributed by atoms with van der Waals surface area (Å²) < 4.78 is 39.2. The van der Waals surface area contributed by atoms with Crippen LogP contribution in [-0.2, 0) is 0 Å². The van der Waals surface area contributed by atoms with E-state index in [1.54, 1.807) is 13.0 Å². The van der Waals surface area contributed by atoms with Crippen molar-refractivity contribution >= 4 is 11.6 Å². The van der Waals surface area contributed by atoms with Gasteiger partial charge in [-0.15, -0.1) is 0 Å². The molecule has 0 aliphatic heterocycles. The molecule has 0 aliphatic carbocycles. The molecule has 1 N–H and O–H groups in total. The predicted molar refractivity (Wildman–Crippen MR) is 65.4 cm³/mol. The molecule has 2 aromatic carbocycles. The number of hydrogen-bond donors (Lipinski definition) is 1. The number of carbonyl (C=O) groups is 1. The van der Waals surface area contributed by atoms with Gasteiger partial charge in [0, 0.05) is 11.8 Å². The average Bonchev–Trinajstić information content (AvgIpc) is 2.33. The van der Waals surface area contributed by atoms with Gasteiger partial charge in [-0.05, 0) is 36.8 Å². The molecule has 0 saturated carbocycles. The number of halogens is 3. The van der Waals surface area contributed by atoms with E-state index < -0.39 is 23.4 Å². The first-order chi connectivity index (χ1) is 8.97. The molecule has 0 aromatic heterocycles. The number of anilines is 1. The van der Waals surface area contributed by atoms with Gasteiger partial charge >= 0.3 is 0 Å². The highest BCUT2D eigenvalue weighted by atomic mass is 19.2. The molecule has 19 heavy (non-hydrogen) atoms. The Kier molecular flexibility index (Phi) is 3.55. The molecule has 0 spiro atoms. The van der Waals surface area contributed by atoms with Crippen LogP contribution in [0.1, 0.15) is 15.9 Å². The lowest BCUT2D eigenvalue weighted by molar-refractivity contribution is 0.102.